The van der Waals surface area contributed by atoms with Crippen LogP contribution in [0.25, 0.3) is 0 Å². The molecule has 0 aliphatic heterocycles. The molecule has 8 heteroatoms. The summed E-state index contributed by atoms with van der Waals surface area (Å²) in [6, 6.07) is 0. The van der Waals surface area contributed by atoms with Crippen molar-refractivity contribution in [3.8, 4) is 0 Å². The first-order chi connectivity index (χ1) is 18.5. The van der Waals surface area contributed by atoms with Crippen molar-refractivity contribution in [2.75, 3.05) is 46.0 Å². The normalized spacial score (nSPS) is 12.2. The van der Waals surface area contributed by atoms with Crippen molar-refractivity contribution in [1.29, 1.82) is 0 Å². The molecule has 0 aliphatic carbocycles. The van der Waals surface area contributed by atoms with Crippen LogP contribution in [0.5, 0.6) is 0 Å². The Morgan fingerprint density at radius 3 is 1.84 bits per heavy atom. The summed E-state index contributed by atoms with van der Waals surface area (Å²) in [6.07, 6.45) is 13.3. The van der Waals surface area contributed by atoms with Crippen molar-refractivity contribution in [2.45, 2.75) is 130 Å². The van der Waals surface area contributed by atoms with Gasteiger partial charge in [-0.05, 0) is 32.9 Å². The molecule has 1 unspecified atom stereocenters. The Bertz CT molecular complexity index is 527. The monoisotopic (exact) mass is 543 g/mol. The van der Waals surface area contributed by atoms with E-state index in [2.05, 4.69) is 44.8 Å². The van der Waals surface area contributed by atoms with Gasteiger partial charge in [0, 0.05) is 32.7 Å². The number of likely N-dealkylation sites (N-methyl/N-ethyl adjacent to an activating group) is 1. The predicted octanol–water partition coefficient (Wildman–Crippen LogP) is 6.66. The summed E-state index contributed by atoms with van der Waals surface area (Å²) in [7, 11) is 0. The van der Waals surface area contributed by atoms with E-state index < -0.39 is 18.5 Å². The molecule has 0 aromatic rings. The minimum Gasteiger partial charge on any atom is -0.462 e. The zero-order chi connectivity index (χ0) is 28.3. The molecule has 0 spiro atoms. The molecule has 0 saturated heterocycles. The predicted molar refractivity (Wildman–Crippen MR) is 154 cm³/mol. The lowest BCUT2D eigenvalue weighted by Crippen LogP contribution is -2.37. The van der Waals surface area contributed by atoms with Gasteiger partial charge in [0.25, 0.3) is 0 Å². The van der Waals surface area contributed by atoms with Gasteiger partial charge in [0.05, 0.1) is 6.42 Å². The Kier molecular flexibility index (Phi) is 26.2. The van der Waals surface area contributed by atoms with Gasteiger partial charge in [0.1, 0.15) is 12.7 Å². The Labute approximate surface area is 233 Å². The number of esters is 1. The summed E-state index contributed by atoms with van der Waals surface area (Å²) in [4.78, 5) is 26.4. The summed E-state index contributed by atoms with van der Waals surface area (Å²) in [5.41, 5.74) is 0. The molecule has 0 aliphatic rings. The summed E-state index contributed by atoms with van der Waals surface area (Å²) >= 11 is 0. The average Bonchev–Trinajstić information content (AvgIpc) is 2.91. The molecule has 0 aromatic carbocycles. The number of rotatable bonds is 27. The van der Waals surface area contributed by atoms with Crippen LogP contribution in [0.1, 0.15) is 118 Å². The molecule has 1 amide bonds. The highest BCUT2D eigenvalue weighted by atomic mass is 16.7. The first kappa shape index (κ1) is 36.6. The topological polar surface area (TPSA) is 86.3 Å². The maximum absolute atomic E-state index is 12.3. The van der Waals surface area contributed by atoms with Crippen LogP contribution in [0.15, 0.2) is 0 Å². The van der Waals surface area contributed by atoms with E-state index in [-0.39, 0.29) is 19.0 Å². The molecule has 0 fully saturated rings. The number of nitrogens with one attached hydrogen (secondary N) is 1. The lowest BCUT2D eigenvalue weighted by atomic mass is 10.1. The number of nitrogens with zero attached hydrogens (tertiary/aromatic N) is 1. The zero-order valence-corrected chi connectivity index (χ0v) is 25.1. The fraction of sp³-hybridized carbons (Fsp3) is 0.900. The Balaban J connectivity index is 4.24. The van der Waals surface area contributed by atoms with Gasteiger partial charge in [0.15, 0.2) is 6.29 Å². The van der Waals surface area contributed by atoms with Gasteiger partial charge < -0.3 is 29.2 Å². The van der Waals surface area contributed by atoms with E-state index in [0.717, 1.165) is 45.3 Å². The maximum Gasteiger partial charge on any atom is 0.407 e. The fourth-order valence-corrected chi connectivity index (χ4v) is 3.99. The highest BCUT2D eigenvalue weighted by Crippen LogP contribution is 2.12. The van der Waals surface area contributed by atoms with Gasteiger partial charge >= 0.3 is 12.1 Å². The van der Waals surface area contributed by atoms with E-state index in [1.165, 1.54) is 51.4 Å². The summed E-state index contributed by atoms with van der Waals surface area (Å²) in [5, 5.41) is 2.70. The number of alkyl carbamates (subject to hydrolysis) is 1. The second-order valence-electron chi connectivity index (χ2n) is 9.91. The van der Waals surface area contributed by atoms with Crippen LogP contribution < -0.4 is 5.32 Å². The van der Waals surface area contributed by atoms with Crippen LogP contribution in [0.4, 0.5) is 4.79 Å². The van der Waals surface area contributed by atoms with E-state index >= 15 is 0 Å². The third kappa shape index (κ3) is 23.7. The van der Waals surface area contributed by atoms with E-state index in [0.29, 0.717) is 26.2 Å². The quantitative estimate of drug-likeness (QED) is 0.0704. The molecule has 0 bridgehead atoms. The second kappa shape index (κ2) is 27.2. The molecular weight excluding hydrogens is 484 g/mol. The summed E-state index contributed by atoms with van der Waals surface area (Å²) < 4.78 is 22.4. The number of ether oxygens (including phenoxy) is 4. The average molecular weight is 544 g/mol. The smallest absolute Gasteiger partial charge is 0.407 e. The van der Waals surface area contributed by atoms with Crippen molar-refractivity contribution >= 4 is 12.1 Å². The first-order valence-electron chi connectivity index (χ1n) is 15.3. The zero-order valence-electron chi connectivity index (χ0n) is 25.1. The van der Waals surface area contributed by atoms with E-state index in [4.69, 9.17) is 18.9 Å². The van der Waals surface area contributed by atoms with Gasteiger partial charge in [-0.15, -0.1) is 0 Å². The number of amides is 1. The van der Waals surface area contributed by atoms with Crippen LogP contribution in [0.2, 0.25) is 0 Å². The number of carbonyl (C=O) groups is 2. The van der Waals surface area contributed by atoms with Crippen LogP contribution in [-0.4, -0.2) is 75.4 Å². The molecule has 225 valence electrons. The van der Waals surface area contributed by atoms with Crippen molar-refractivity contribution in [1.82, 2.24) is 10.2 Å². The first-order valence-corrected chi connectivity index (χ1v) is 15.3. The molecular formula is C30H59N2O6. The maximum atomic E-state index is 12.3. The number of hydrogen-bond donors (Lipinski definition) is 1. The second-order valence-corrected chi connectivity index (χ2v) is 9.91. The van der Waals surface area contributed by atoms with E-state index in [1.807, 2.05) is 0 Å². The molecule has 1 atom stereocenters. The van der Waals surface area contributed by atoms with Crippen molar-refractivity contribution in [3.05, 3.63) is 6.92 Å². The molecule has 38 heavy (non-hydrogen) atoms. The van der Waals surface area contributed by atoms with Gasteiger partial charge in [0.2, 0.25) is 0 Å². The molecule has 0 heterocycles. The molecule has 0 aromatic heterocycles. The Morgan fingerprint density at radius 1 is 0.789 bits per heavy atom. The Morgan fingerprint density at radius 2 is 1.32 bits per heavy atom. The van der Waals surface area contributed by atoms with Crippen LogP contribution in [0, 0.1) is 6.92 Å². The van der Waals surface area contributed by atoms with Crippen LogP contribution in [0.3, 0.4) is 0 Å². The minimum atomic E-state index is -0.767. The van der Waals surface area contributed by atoms with E-state index in [9.17, 15) is 9.59 Å². The minimum absolute atomic E-state index is 0.0792. The number of unbranched alkanes of at least 4 members (excludes halogenated alkanes) is 10. The largest absolute Gasteiger partial charge is 0.462 e. The van der Waals surface area contributed by atoms with Crippen molar-refractivity contribution in [3.63, 3.8) is 0 Å². The Hall–Kier alpha value is -1.38. The third-order valence-corrected chi connectivity index (χ3v) is 6.48. The summed E-state index contributed by atoms with van der Waals surface area (Å²) in [5.74, 6) is -0.375. The molecule has 1 radical (unpaired) electrons. The number of carbonyl (C=O) groups excluding carboxylic acids is 2. The van der Waals surface area contributed by atoms with Crippen LogP contribution in [-0.2, 0) is 23.7 Å². The van der Waals surface area contributed by atoms with Gasteiger partial charge in [-0.1, -0.05) is 91.9 Å². The van der Waals surface area contributed by atoms with Crippen molar-refractivity contribution in [2.24, 2.45) is 0 Å². The lowest BCUT2D eigenvalue weighted by Gasteiger charge is -2.19. The third-order valence-electron chi connectivity index (χ3n) is 6.48. The van der Waals surface area contributed by atoms with Gasteiger partial charge in [-0.25, -0.2) is 4.79 Å². The molecule has 0 saturated carbocycles. The highest BCUT2D eigenvalue weighted by molar-refractivity contribution is 5.69. The fourth-order valence-electron chi connectivity index (χ4n) is 3.99. The molecule has 0 rings (SSSR count). The number of hydrogen-bond acceptors (Lipinski definition) is 7. The van der Waals surface area contributed by atoms with Gasteiger partial charge in [-0.3, -0.25) is 4.79 Å². The van der Waals surface area contributed by atoms with Crippen LogP contribution >= 0.6 is 0 Å². The molecule has 1 N–H and O–H groups in total. The lowest BCUT2D eigenvalue weighted by molar-refractivity contribution is -0.160. The summed E-state index contributed by atoms with van der Waals surface area (Å²) in [6.45, 7) is 16.6. The highest BCUT2D eigenvalue weighted by Gasteiger charge is 2.16. The van der Waals surface area contributed by atoms with Gasteiger partial charge in [-0.2, -0.15) is 0 Å². The van der Waals surface area contributed by atoms with E-state index in [1.54, 1.807) is 0 Å². The van der Waals surface area contributed by atoms with Crippen molar-refractivity contribution < 1.29 is 28.5 Å². The molecule has 8 nitrogen and oxygen atoms in total. The standard InChI is InChI=1S/C30H59N2O6/c1-6-10-12-14-16-18-24-35-29(36-25-19-17-15-13-11-7-2)21-20-28(33)37-26-27(5)38-30(34)31-22-23-32(8-3)9-4/h27,29H,5-26H2,1-4H3,(H,31,34). The SMILES string of the molecule is [CH2]C(COC(=O)CCC(OCCCCCCCC)OCCCCCCCC)OC(=O)NCCN(CC)CC.